The number of methoxy groups -OCH3 is 1. The Hall–Kier alpha value is -3.53. The van der Waals surface area contributed by atoms with Crippen LogP contribution in [0, 0.1) is 0 Å². The second-order valence-electron chi connectivity index (χ2n) is 7.03. The molecule has 0 spiro atoms. The lowest BCUT2D eigenvalue weighted by Gasteiger charge is -2.07. The van der Waals surface area contributed by atoms with Gasteiger partial charge in [-0.3, -0.25) is 13.9 Å². The van der Waals surface area contributed by atoms with Crippen molar-refractivity contribution in [3.05, 3.63) is 52.9 Å². The van der Waals surface area contributed by atoms with E-state index in [2.05, 4.69) is 15.5 Å². The number of nitrogens with zero attached hydrogens (tertiary/aromatic N) is 5. The average molecular weight is 439 g/mol. The number of hydrogen-bond acceptors (Lipinski definition) is 6. The first kappa shape index (κ1) is 20.7. The Bertz CT molecular complexity index is 1320. The highest BCUT2D eigenvalue weighted by Crippen LogP contribution is 2.25. The third kappa shape index (κ3) is 3.93. The fourth-order valence-electron chi connectivity index (χ4n) is 3.34. The van der Waals surface area contributed by atoms with Gasteiger partial charge in [0.2, 0.25) is 5.91 Å². The van der Waals surface area contributed by atoms with Crippen molar-refractivity contribution in [3.8, 4) is 17.1 Å². The van der Waals surface area contributed by atoms with Crippen molar-refractivity contribution in [2.75, 3.05) is 18.2 Å². The van der Waals surface area contributed by atoms with Gasteiger partial charge in [0.1, 0.15) is 5.75 Å². The van der Waals surface area contributed by atoms with E-state index in [-0.39, 0.29) is 17.3 Å². The first-order valence-electron chi connectivity index (χ1n) is 9.51. The van der Waals surface area contributed by atoms with Gasteiger partial charge >= 0.3 is 5.69 Å². The molecule has 0 saturated heterocycles. The molecule has 1 amide bonds. The Balaban J connectivity index is 1.43. The Morgan fingerprint density at radius 3 is 2.42 bits per heavy atom. The third-order valence-corrected chi connectivity index (χ3v) is 6.09. The highest BCUT2D eigenvalue weighted by molar-refractivity contribution is 7.99. The number of carbonyl (C=O) groups excluding carboxylic acids is 1. The predicted octanol–water partition coefficient (Wildman–Crippen LogP) is 2.41. The normalized spacial score (nSPS) is 11.1. The van der Waals surface area contributed by atoms with Crippen LogP contribution >= 0.6 is 11.8 Å². The summed E-state index contributed by atoms with van der Waals surface area (Å²) < 4.78 is 10.2. The van der Waals surface area contributed by atoms with E-state index in [0.717, 1.165) is 22.3 Å². The van der Waals surface area contributed by atoms with Crippen LogP contribution in [0.3, 0.4) is 0 Å². The van der Waals surface area contributed by atoms with Gasteiger partial charge in [0, 0.05) is 32.4 Å². The topological polar surface area (TPSA) is 96.0 Å². The van der Waals surface area contributed by atoms with Gasteiger partial charge in [-0.2, -0.15) is 0 Å². The summed E-state index contributed by atoms with van der Waals surface area (Å²) in [6, 6.07) is 13.0. The van der Waals surface area contributed by atoms with Crippen molar-refractivity contribution < 1.29 is 9.53 Å². The number of anilines is 1. The molecule has 160 valence electrons. The van der Waals surface area contributed by atoms with Crippen molar-refractivity contribution in [1.82, 2.24) is 23.9 Å². The minimum absolute atomic E-state index is 0.107. The molecule has 0 aliphatic rings. The molecule has 2 aromatic heterocycles. The van der Waals surface area contributed by atoms with Gasteiger partial charge in [-0.1, -0.05) is 11.8 Å². The Morgan fingerprint density at radius 2 is 1.71 bits per heavy atom. The maximum absolute atomic E-state index is 12.5. The van der Waals surface area contributed by atoms with E-state index in [9.17, 15) is 9.59 Å². The summed E-state index contributed by atoms with van der Waals surface area (Å²) >= 11 is 1.30. The summed E-state index contributed by atoms with van der Waals surface area (Å²) in [7, 11) is 6.92. The maximum Gasteiger partial charge on any atom is 0.328 e. The molecular weight excluding hydrogens is 416 g/mol. The number of aryl methyl sites for hydroxylation is 2. The lowest BCUT2D eigenvalue weighted by Crippen LogP contribution is -2.19. The SMILES string of the molecule is COc1ccc(-c2nnc(SCC(=O)Nc3ccc4c(c3)n(C)c(=O)n4C)n2C)cc1. The number of hydrogen-bond donors (Lipinski definition) is 1. The van der Waals surface area contributed by atoms with Crippen LogP contribution in [-0.2, 0) is 25.9 Å². The number of imidazole rings is 1. The number of aromatic nitrogens is 5. The van der Waals surface area contributed by atoms with Crippen molar-refractivity contribution >= 4 is 34.4 Å². The number of carbonyl (C=O) groups is 1. The van der Waals surface area contributed by atoms with Crippen LogP contribution in [0.5, 0.6) is 5.75 Å². The number of rotatable bonds is 6. The lowest BCUT2D eigenvalue weighted by molar-refractivity contribution is -0.113. The summed E-state index contributed by atoms with van der Waals surface area (Å²) in [4.78, 5) is 24.5. The zero-order valence-corrected chi connectivity index (χ0v) is 18.4. The van der Waals surface area contributed by atoms with E-state index in [1.54, 1.807) is 42.5 Å². The number of ether oxygens (including phenoxy) is 1. The van der Waals surface area contributed by atoms with Crippen molar-refractivity contribution in [2.24, 2.45) is 21.1 Å². The van der Waals surface area contributed by atoms with Crippen molar-refractivity contribution in [3.63, 3.8) is 0 Å². The van der Waals surface area contributed by atoms with Crippen molar-refractivity contribution in [1.29, 1.82) is 0 Å². The fraction of sp³-hybridized carbons (Fsp3) is 0.238. The van der Waals surface area contributed by atoms with Crippen LogP contribution in [0.2, 0.25) is 0 Å². The first-order chi connectivity index (χ1) is 14.9. The first-order valence-corrected chi connectivity index (χ1v) is 10.5. The molecule has 0 bridgehead atoms. The monoisotopic (exact) mass is 438 g/mol. The fourth-order valence-corrected chi connectivity index (χ4v) is 4.05. The molecule has 2 heterocycles. The summed E-state index contributed by atoms with van der Waals surface area (Å²) in [5.74, 6) is 1.49. The van der Waals surface area contributed by atoms with Gasteiger partial charge < -0.3 is 14.6 Å². The molecule has 1 N–H and O–H groups in total. The number of benzene rings is 2. The van der Waals surface area contributed by atoms with Crippen LogP contribution in [0.4, 0.5) is 5.69 Å². The Labute approximate surface area is 182 Å². The number of thioether (sulfide) groups is 1. The summed E-state index contributed by atoms with van der Waals surface area (Å²) in [5.41, 5.74) is 3.01. The molecule has 9 nitrogen and oxygen atoms in total. The minimum Gasteiger partial charge on any atom is -0.497 e. The van der Waals surface area contributed by atoms with E-state index in [0.29, 0.717) is 16.7 Å². The molecule has 0 aliphatic carbocycles. The predicted molar refractivity (Wildman–Crippen MR) is 121 cm³/mol. The van der Waals surface area contributed by atoms with Gasteiger partial charge in [0.15, 0.2) is 11.0 Å². The van der Waals surface area contributed by atoms with E-state index >= 15 is 0 Å². The average Bonchev–Trinajstić information content (AvgIpc) is 3.25. The van der Waals surface area contributed by atoms with Crippen LogP contribution in [-0.4, -0.2) is 42.7 Å². The van der Waals surface area contributed by atoms with Crippen LogP contribution in [0.25, 0.3) is 22.4 Å². The molecule has 2 aromatic carbocycles. The van der Waals surface area contributed by atoms with Crippen LogP contribution in [0.15, 0.2) is 52.4 Å². The van der Waals surface area contributed by atoms with Gasteiger partial charge in [-0.05, 0) is 42.5 Å². The van der Waals surface area contributed by atoms with E-state index in [4.69, 9.17) is 4.74 Å². The van der Waals surface area contributed by atoms with Gasteiger partial charge in [-0.15, -0.1) is 10.2 Å². The second-order valence-corrected chi connectivity index (χ2v) is 7.98. The zero-order chi connectivity index (χ0) is 22.1. The molecule has 0 atom stereocenters. The third-order valence-electron chi connectivity index (χ3n) is 5.07. The van der Waals surface area contributed by atoms with Gasteiger partial charge in [-0.25, -0.2) is 4.79 Å². The van der Waals surface area contributed by atoms with E-state index < -0.39 is 0 Å². The molecule has 0 aliphatic heterocycles. The molecule has 0 unspecified atom stereocenters. The van der Waals surface area contributed by atoms with E-state index in [1.165, 1.54) is 11.8 Å². The molecule has 4 aromatic rings. The highest BCUT2D eigenvalue weighted by atomic mass is 32.2. The lowest BCUT2D eigenvalue weighted by atomic mass is 10.2. The molecule has 4 rings (SSSR count). The number of fused-ring (bicyclic) bond motifs is 1. The number of amides is 1. The highest BCUT2D eigenvalue weighted by Gasteiger charge is 2.14. The molecule has 0 saturated carbocycles. The van der Waals surface area contributed by atoms with Crippen LogP contribution in [0.1, 0.15) is 0 Å². The standard InChI is InChI=1S/C21H22N6O3S/c1-25-16-10-7-14(11-17(16)26(2)21(25)29)22-18(28)12-31-20-24-23-19(27(20)3)13-5-8-15(30-4)9-6-13/h5-11H,12H2,1-4H3,(H,22,28). The molecule has 0 radical (unpaired) electrons. The summed E-state index contributed by atoms with van der Waals surface area (Å²) in [5, 5.41) is 12.0. The number of nitrogens with one attached hydrogen (secondary N) is 1. The zero-order valence-electron chi connectivity index (χ0n) is 17.6. The Morgan fingerprint density at radius 1 is 1.00 bits per heavy atom. The summed E-state index contributed by atoms with van der Waals surface area (Å²) in [6.45, 7) is 0. The van der Waals surface area contributed by atoms with Crippen molar-refractivity contribution in [2.45, 2.75) is 5.16 Å². The quantitative estimate of drug-likeness (QED) is 0.465. The second kappa shape index (κ2) is 8.31. The maximum atomic E-state index is 12.5. The molecular formula is C21H22N6O3S. The molecule has 0 fully saturated rings. The largest absolute Gasteiger partial charge is 0.497 e. The van der Waals surface area contributed by atoms with Gasteiger partial charge in [0.25, 0.3) is 0 Å². The van der Waals surface area contributed by atoms with E-state index in [1.807, 2.05) is 41.9 Å². The smallest absolute Gasteiger partial charge is 0.328 e. The minimum atomic E-state index is -0.167. The Kier molecular flexibility index (Phi) is 5.55. The van der Waals surface area contributed by atoms with Crippen LogP contribution < -0.4 is 15.7 Å². The molecule has 10 heteroatoms. The van der Waals surface area contributed by atoms with Gasteiger partial charge in [0.05, 0.1) is 23.9 Å². The molecule has 31 heavy (non-hydrogen) atoms. The summed E-state index contributed by atoms with van der Waals surface area (Å²) in [6.07, 6.45) is 0.